The molecule has 1 nitrogen and oxygen atoms in total. The van der Waals surface area contributed by atoms with Crippen LogP contribution in [0.5, 0.6) is 0 Å². The molecule has 0 saturated heterocycles. The minimum atomic E-state index is -0.171. The Bertz CT molecular complexity index is 403. The van der Waals surface area contributed by atoms with Gasteiger partial charge in [0.15, 0.2) is 0 Å². The summed E-state index contributed by atoms with van der Waals surface area (Å²) in [6.45, 7) is 4.18. The minimum Gasteiger partial charge on any atom is -0.303 e. The number of allylic oxidation sites excluding steroid dienone is 2. The Labute approximate surface area is 90.8 Å². The van der Waals surface area contributed by atoms with Crippen molar-refractivity contribution in [2.24, 2.45) is 5.41 Å². The first-order valence-electron chi connectivity index (χ1n) is 5.35. The summed E-state index contributed by atoms with van der Waals surface area (Å²) in [6.07, 6.45) is 2.89. The number of benzene rings is 1. The summed E-state index contributed by atoms with van der Waals surface area (Å²) >= 11 is 0. The summed E-state index contributed by atoms with van der Waals surface area (Å²) in [4.78, 5) is 11.0. The van der Waals surface area contributed by atoms with E-state index < -0.39 is 0 Å². The van der Waals surface area contributed by atoms with Crippen molar-refractivity contribution in [1.29, 1.82) is 0 Å². The van der Waals surface area contributed by atoms with Gasteiger partial charge in [-0.3, -0.25) is 0 Å². The Morgan fingerprint density at radius 1 is 1.20 bits per heavy atom. The van der Waals surface area contributed by atoms with Crippen LogP contribution >= 0.6 is 0 Å². The Kier molecular flexibility index (Phi) is 2.47. The van der Waals surface area contributed by atoms with Gasteiger partial charge < -0.3 is 4.79 Å². The molecule has 0 N–H and O–H groups in total. The largest absolute Gasteiger partial charge is 0.303 e. The van der Waals surface area contributed by atoms with Crippen LogP contribution in [0.4, 0.5) is 0 Å². The van der Waals surface area contributed by atoms with Crippen LogP contribution in [0.25, 0.3) is 5.57 Å². The topological polar surface area (TPSA) is 17.1 Å². The lowest BCUT2D eigenvalue weighted by molar-refractivity contribution is -0.114. The lowest BCUT2D eigenvalue weighted by atomic mass is 9.87. The van der Waals surface area contributed by atoms with Crippen molar-refractivity contribution in [3.63, 3.8) is 0 Å². The van der Waals surface area contributed by atoms with E-state index in [1.54, 1.807) is 0 Å². The lowest BCUT2D eigenvalue weighted by Crippen LogP contribution is -2.13. The molecule has 2 rings (SSSR count). The van der Waals surface area contributed by atoms with Gasteiger partial charge in [0.05, 0.1) is 0 Å². The Morgan fingerprint density at radius 2 is 1.87 bits per heavy atom. The van der Waals surface area contributed by atoms with E-state index in [0.29, 0.717) is 0 Å². The number of aldehydes is 1. The van der Waals surface area contributed by atoms with Crippen LogP contribution in [0.3, 0.4) is 0 Å². The average Bonchev–Trinajstić information content (AvgIpc) is 2.57. The van der Waals surface area contributed by atoms with E-state index >= 15 is 0 Å². The first-order chi connectivity index (χ1) is 7.14. The zero-order valence-electron chi connectivity index (χ0n) is 9.29. The summed E-state index contributed by atoms with van der Waals surface area (Å²) in [5.74, 6) is 0. The van der Waals surface area contributed by atoms with E-state index in [2.05, 4.69) is 19.1 Å². The molecule has 1 aliphatic carbocycles. The third-order valence-corrected chi connectivity index (χ3v) is 3.17. The summed E-state index contributed by atoms with van der Waals surface area (Å²) < 4.78 is 0. The molecule has 1 aliphatic rings. The normalized spacial score (nSPS) is 25.7. The van der Waals surface area contributed by atoms with Crippen molar-refractivity contribution in [3.8, 4) is 0 Å². The predicted octanol–water partition coefficient (Wildman–Crippen LogP) is 3.46. The summed E-state index contributed by atoms with van der Waals surface area (Å²) in [7, 11) is 0. The molecule has 0 heterocycles. The van der Waals surface area contributed by atoms with Crippen molar-refractivity contribution < 1.29 is 4.79 Å². The molecule has 1 heteroatoms. The standard InChI is InChI=1S/C14H16O/c1-11-8-14(2,10-15)9-13(11)12-6-4-3-5-7-12/h3-7,10H,8-9H2,1-2H3. The van der Waals surface area contributed by atoms with Gasteiger partial charge in [-0.05, 0) is 30.9 Å². The molecule has 0 aromatic heterocycles. The molecule has 0 aliphatic heterocycles. The van der Waals surface area contributed by atoms with E-state index in [-0.39, 0.29) is 5.41 Å². The fourth-order valence-electron chi connectivity index (χ4n) is 2.40. The highest BCUT2D eigenvalue weighted by molar-refractivity contribution is 5.77. The van der Waals surface area contributed by atoms with Crippen molar-refractivity contribution in [3.05, 3.63) is 41.5 Å². The zero-order valence-corrected chi connectivity index (χ0v) is 9.29. The van der Waals surface area contributed by atoms with Crippen LogP contribution in [0, 0.1) is 5.41 Å². The molecule has 15 heavy (non-hydrogen) atoms. The molecular weight excluding hydrogens is 184 g/mol. The van der Waals surface area contributed by atoms with Gasteiger partial charge in [-0.2, -0.15) is 0 Å². The highest BCUT2D eigenvalue weighted by Gasteiger charge is 2.32. The smallest absolute Gasteiger partial charge is 0.126 e. The summed E-state index contributed by atoms with van der Waals surface area (Å²) in [5, 5.41) is 0. The van der Waals surface area contributed by atoms with Crippen molar-refractivity contribution in [2.45, 2.75) is 26.7 Å². The van der Waals surface area contributed by atoms with Gasteiger partial charge in [0.25, 0.3) is 0 Å². The number of carbonyl (C=O) groups is 1. The highest BCUT2D eigenvalue weighted by atomic mass is 16.1. The van der Waals surface area contributed by atoms with Gasteiger partial charge in [0, 0.05) is 5.41 Å². The quantitative estimate of drug-likeness (QED) is 0.668. The average molecular weight is 200 g/mol. The maximum atomic E-state index is 11.0. The summed E-state index contributed by atoms with van der Waals surface area (Å²) in [6, 6.07) is 10.4. The van der Waals surface area contributed by atoms with E-state index in [9.17, 15) is 4.79 Å². The Hall–Kier alpha value is -1.37. The van der Waals surface area contributed by atoms with Gasteiger partial charge in [-0.15, -0.1) is 0 Å². The number of carbonyl (C=O) groups excluding carboxylic acids is 1. The maximum Gasteiger partial charge on any atom is 0.126 e. The predicted molar refractivity (Wildman–Crippen MR) is 62.4 cm³/mol. The molecule has 1 aromatic rings. The lowest BCUT2D eigenvalue weighted by Gasteiger charge is -2.15. The van der Waals surface area contributed by atoms with E-state index in [1.807, 2.05) is 25.1 Å². The second-order valence-corrected chi connectivity index (χ2v) is 4.75. The molecule has 1 atom stereocenters. The second-order valence-electron chi connectivity index (χ2n) is 4.75. The molecule has 0 bridgehead atoms. The van der Waals surface area contributed by atoms with Gasteiger partial charge >= 0.3 is 0 Å². The van der Waals surface area contributed by atoms with Crippen LogP contribution in [0.2, 0.25) is 0 Å². The first-order valence-corrected chi connectivity index (χ1v) is 5.35. The third kappa shape index (κ3) is 1.87. The molecule has 0 amide bonds. The fourth-order valence-corrected chi connectivity index (χ4v) is 2.40. The van der Waals surface area contributed by atoms with Crippen LogP contribution in [0.15, 0.2) is 35.9 Å². The number of rotatable bonds is 2. The number of hydrogen-bond acceptors (Lipinski definition) is 1. The molecule has 0 radical (unpaired) electrons. The van der Waals surface area contributed by atoms with E-state index in [1.165, 1.54) is 16.7 Å². The molecule has 0 spiro atoms. The van der Waals surface area contributed by atoms with Gasteiger partial charge in [0.2, 0.25) is 0 Å². The molecular formula is C14H16O. The van der Waals surface area contributed by atoms with E-state index in [4.69, 9.17) is 0 Å². The minimum absolute atomic E-state index is 0.171. The fraction of sp³-hybridized carbons (Fsp3) is 0.357. The van der Waals surface area contributed by atoms with Gasteiger partial charge in [0.1, 0.15) is 6.29 Å². The third-order valence-electron chi connectivity index (χ3n) is 3.17. The number of hydrogen-bond donors (Lipinski definition) is 0. The molecule has 1 aromatic carbocycles. The molecule has 0 fully saturated rings. The van der Waals surface area contributed by atoms with Gasteiger partial charge in [-0.25, -0.2) is 0 Å². The van der Waals surface area contributed by atoms with E-state index in [0.717, 1.165) is 19.1 Å². The van der Waals surface area contributed by atoms with Crippen molar-refractivity contribution in [2.75, 3.05) is 0 Å². The van der Waals surface area contributed by atoms with Crippen LogP contribution < -0.4 is 0 Å². The van der Waals surface area contributed by atoms with Crippen molar-refractivity contribution >= 4 is 11.9 Å². The maximum absolute atomic E-state index is 11.0. The van der Waals surface area contributed by atoms with Crippen LogP contribution in [-0.4, -0.2) is 6.29 Å². The molecule has 78 valence electrons. The highest BCUT2D eigenvalue weighted by Crippen LogP contribution is 2.44. The van der Waals surface area contributed by atoms with Crippen molar-refractivity contribution in [1.82, 2.24) is 0 Å². The summed E-state index contributed by atoms with van der Waals surface area (Å²) in [5.41, 5.74) is 3.80. The molecule has 1 unspecified atom stereocenters. The first kappa shape index (κ1) is 10.2. The van der Waals surface area contributed by atoms with Gasteiger partial charge in [-0.1, -0.05) is 42.8 Å². The SMILES string of the molecule is CC1=C(c2ccccc2)CC(C)(C=O)C1. The zero-order chi connectivity index (χ0) is 10.9. The van der Waals surface area contributed by atoms with Crippen LogP contribution in [0.1, 0.15) is 32.3 Å². The Morgan fingerprint density at radius 3 is 2.40 bits per heavy atom. The molecule has 0 saturated carbocycles. The second kappa shape index (κ2) is 3.65. The monoisotopic (exact) mass is 200 g/mol. The van der Waals surface area contributed by atoms with Crippen LogP contribution in [-0.2, 0) is 4.79 Å². The Balaban J connectivity index is 2.33.